The summed E-state index contributed by atoms with van der Waals surface area (Å²) in [6, 6.07) is 8.99. The molecule has 2 N–H and O–H groups in total. The normalized spacial score (nSPS) is 9.94. The first kappa shape index (κ1) is 11.5. The van der Waals surface area contributed by atoms with Crippen LogP contribution >= 0.6 is 12.2 Å². The minimum Gasteiger partial charge on any atom is -0.439 e. The second-order valence-corrected chi connectivity index (χ2v) is 3.74. The molecule has 0 aliphatic rings. The minimum atomic E-state index is -0.317. The summed E-state index contributed by atoms with van der Waals surface area (Å²) in [5.74, 6) is 0.545. The van der Waals surface area contributed by atoms with Gasteiger partial charge in [-0.2, -0.15) is 0 Å². The molecule has 3 nitrogen and oxygen atoms in total. The summed E-state index contributed by atoms with van der Waals surface area (Å²) in [7, 11) is 0. The number of nitrogens with zero attached hydrogens (tertiary/aromatic N) is 1. The van der Waals surface area contributed by atoms with Gasteiger partial charge in [0.1, 0.15) is 16.6 Å². The van der Waals surface area contributed by atoms with Crippen molar-refractivity contribution in [3.05, 3.63) is 54.0 Å². The highest BCUT2D eigenvalue weighted by Gasteiger charge is 2.02. The van der Waals surface area contributed by atoms with E-state index in [-0.39, 0.29) is 10.8 Å². The molecule has 0 fully saturated rings. The van der Waals surface area contributed by atoms with Gasteiger partial charge in [0.05, 0.1) is 0 Å². The fourth-order valence-corrected chi connectivity index (χ4v) is 1.37. The summed E-state index contributed by atoms with van der Waals surface area (Å²) < 4.78 is 18.1. The van der Waals surface area contributed by atoms with E-state index in [1.807, 2.05) is 0 Å². The zero-order chi connectivity index (χ0) is 12.3. The van der Waals surface area contributed by atoms with Gasteiger partial charge in [-0.15, -0.1) is 0 Å². The number of pyridine rings is 1. The highest BCUT2D eigenvalue weighted by atomic mass is 32.1. The SMILES string of the molecule is NC(=S)c1ccnc(Oc2ccc(F)cc2)c1. The van der Waals surface area contributed by atoms with E-state index in [0.29, 0.717) is 17.2 Å². The Bertz CT molecular complexity index is 542. The Morgan fingerprint density at radius 1 is 1.24 bits per heavy atom. The molecule has 1 heterocycles. The molecule has 5 heteroatoms. The molecular weight excluding hydrogens is 239 g/mol. The topological polar surface area (TPSA) is 48.1 Å². The van der Waals surface area contributed by atoms with Gasteiger partial charge in [0.15, 0.2) is 0 Å². The Labute approximate surface area is 103 Å². The minimum absolute atomic E-state index is 0.274. The number of rotatable bonds is 3. The van der Waals surface area contributed by atoms with Crippen LogP contribution in [0.1, 0.15) is 5.56 Å². The molecule has 0 unspecified atom stereocenters. The maximum absolute atomic E-state index is 12.7. The lowest BCUT2D eigenvalue weighted by atomic mass is 10.3. The molecule has 0 bridgehead atoms. The predicted molar refractivity (Wildman–Crippen MR) is 66.6 cm³/mol. The van der Waals surface area contributed by atoms with E-state index in [9.17, 15) is 4.39 Å². The van der Waals surface area contributed by atoms with E-state index in [1.54, 1.807) is 18.3 Å². The summed E-state index contributed by atoms with van der Waals surface area (Å²) in [4.78, 5) is 4.28. The fourth-order valence-electron chi connectivity index (χ4n) is 1.24. The third-order valence-electron chi connectivity index (χ3n) is 2.06. The summed E-state index contributed by atoms with van der Waals surface area (Å²) in [6.07, 6.45) is 1.55. The number of hydrogen-bond acceptors (Lipinski definition) is 3. The Balaban J connectivity index is 2.21. The Morgan fingerprint density at radius 2 is 1.94 bits per heavy atom. The molecule has 0 aliphatic heterocycles. The molecule has 0 amide bonds. The molecule has 1 aromatic carbocycles. The maximum Gasteiger partial charge on any atom is 0.219 e. The number of ether oxygens (including phenoxy) is 1. The monoisotopic (exact) mass is 248 g/mol. The first-order valence-corrected chi connectivity index (χ1v) is 5.25. The number of aromatic nitrogens is 1. The van der Waals surface area contributed by atoms with Crippen molar-refractivity contribution in [3.63, 3.8) is 0 Å². The van der Waals surface area contributed by atoms with Gasteiger partial charge < -0.3 is 10.5 Å². The first-order valence-electron chi connectivity index (χ1n) is 4.84. The average Bonchev–Trinajstić information content (AvgIpc) is 2.32. The van der Waals surface area contributed by atoms with Crippen molar-refractivity contribution in [2.75, 3.05) is 0 Å². The molecule has 0 radical (unpaired) electrons. The van der Waals surface area contributed by atoms with E-state index in [2.05, 4.69) is 4.98 Å². The van der Waals surface area contributed by atoms with Crippen molar-refractivity contribution >= 4 is 17.2 Å². The fraction of sp³-hybridized carbons (Fsp3) is 0. The lowest BCUT2D eigenvalue weighted by Crippen LogP contribution is -2.09. The van der Waals surface area contributed by atoms with Crippen LogP contribution in [0.5, 0.6) is 11.6 Å². The number of benzene rings is 1. The van der Waals surface area contributed by atoms with Gasteiger partial charge in [0, 0.05) is 17.8 Å². The van der Waals surface area contributed by atoms with E-state index in [1.165, 1.54) is 24.3 Å². The van der Waals surface area contributed by atoms with Crippen LogP contribution in [0.15, 0.2) is 42.6 Å². The third kappa shape index (κ3) is 2.98. The van der Waals surface area contributed by atoms with Crippen molar-refractivity contribution in [1.82, 2.24) is 4.98 Å². The lowest BCUT2D eigenvalue weighted by Gasteiger charge is -2.05. The van der Waals surface area contributed by atoms with Crippen molar-refractivity contribution < 1.29 is 9.13 Å². The van der Waals surface area contributed by atoms with Gasteiger partial charge in [0.2, 0.25) is 5.88 Å². The van der Waals surface area contributed by atoms with E-state index in [4.69, 9.17) is 22.7 Å². The number of thiocarbonyl (C=S) groups is 1. The van der Waals surface area contributed by atoms with Crippen molar-refractivity contribution in [1.29, 1.82) is 0 Å². The summed E-state index contributed by atoms with van der Waals surface area (Å²) in [5, 5.41) is 0. The van der Waals surface area contributed by atoms with E-state index in [0.717, 1.165) is 0 Å². The van der Waals surface area contributed by atoms with Gasteiger partial charge >= 0.3 is 0 Å². The summed E-state index contributed by atoms with van der Waals surface area (Å²) >= 11 is 4.85. The second-order valence-electron chi connectivity index (χ2n) is 3.30. The van der Waals surface area contributed by atoms with Gasteiger partial charge in [-0.1, -0.05) is 12.2 Å². The van der Waals surface area contributed by atoms with Crippen molar-refractivity contribution in [3.8, 4) is 11.6 Å². The van der Waals surface area contributed by atoms with Crippen molar-refractivity contribution in [2.45, 2.75) is 0 Å². The first-order chi connectivity index (χ1) is 8.15. The summed E-state index contributed by atoms with van der Waals surface area (Å²) in [6.45, 7) is 0. The molecule has 86 valence electrons. The van der Waals surface area contributed by atoms with Crippen LogP contribution in [-0.2, 0) is 0 Å². The molecule has 0 atom stereocenters. The van der Waals surface area contributed by atoms with Crippen LogP contribution in [0.25, 0.3) is 0 Å². The van der Waals surface area contributed by atoms with Crippen LogP contribution in [-0.4, -0.2) is 9.97 Å². The lowest BCUT2D eigenvalue weighted by molar-refractivity contribution is 0.461. The predicted octanol–water partition coefficient (Wildman–Crippen LogP) is 2.65. The summed E-state index contributed by atoms with van der Waals surface area (Å²) in [5.41, 5.74) is 6.17. The van der Waals surface area contributed by atoms with Crippen LogP contribution in [0.2, 0.25) is 0 Å². The van der Waals surface area contributed by atoms with E-state index >= 15 is 0 Å². The van der Waals surface area contributed by atoms with Crippen LogP contribution in [0.4, 0.5) is 4.39 Å². The zero-order valence-electron chi connectivity index (χ0n) is 8.76. The van der Waals surface area contributed by atoms with Crippen LogP contribution in [0.3, 0.4) is 0 Å². The maximum atomic E-state index is 12.7. The molecule has 0 spiro atoms. The highest BCUT2D eigenvalue weighted by Crippen LogP contribution is 2.20. The van der Waals surface area contributed by atoms with Crippen LogP contribution in [0, 0.1) is 5.82 Å². The Morgan fingerprint density at radius 3 is 2.59 bits per heavy atom. The van der Waals surface area contributed by atoms with Crippen LogP contribution < -0.4 is 10.5 Å². The molecule has 2 aromatic rings. The second kappa shape index (κ2) is 4.88. The quantitative estimate of drug-likeness (QED) is 0.848. The molecular formula is C12H9FN2OS. The molecule has 0 saturated heterocycles. The molecule has 0 aliphatic carbocycles. The highest BCUT2D eigenvalue weighted by molar-refractivity contribution is 7.80. The zero-order valence-corrected chi connectivity index (χ0v) is 9.58. The number of halogens is 1. The number of hydrogen-bond donors (Lipinski definition) is 1. The average molecular weight is 248 g/mol. The third-order valence-corrected chi connectivity index (χ3v) is 2.29. The van der Waals surface area contributed by atoms with Gasteiger partial charge in [0.25, 0.3) is 0 Å². The van der Waals surface area contributed by atoms with Gasteiger partial charge in [-0.3, -0.25) is 0 Å². The van der Waals surface area contributed by atoms with Gasteiger partial charge in [-0.05, 0) is 30.3 Å². The molecule has 1 aromatic heterocycles. The van der Waals surface area contributed by atoms with Crippen molar-refractivity contribution in [2.24, 2.45) is 5.73 Å². The standard InChI is InChI=1S/C12H9FN2OS/c13-9-1-3-10(4-2-9)16-11-7-8(12(14)17)5-6-15-11/h1-7H,(H2,14,17). The Hall–Kier alpha value is -2.01. The Kier molecular flexibility index (Phi) is 3.30. The smallest absolute Gasteiger partial charge is 0.219 e. The largest absolute Gasteiger partial charge is 0.439 e. The molecule has 0 saturated carbocycles. The van der Waals surface area contributed by atoms with E-state index < -0.39 is 0 Å². The number of nitrogens with two attached hydrogens (primary N) is 1. The molecule has 17 heavy (non-hydrogen) atoms. The van der Waals surface area contributed by atoms with Gasteiger partial charge in [-0.25, -0.2) is 9.37 Å². The molecule has 2 rings (SSSR count).